The first-order valence-electron chi connectivity index (χ1n) is 5.57. The molecule has 1 aromatic rings. The average molecular weight is 216 g/mol. The van der Waals surface area contributed by atoms with Crippen LogP contribution in [0.2, 0.25) is 0 Å². The van der Waals surface area contributed by atoms with Gasteiger partial charge in [-0.25, -0.2) is 4.79 Å². The molecule has 0 aliphatic rings. The molecular formula is C14H16O2. The summed E-state index contributed by atoms with van der Waals surface area (Å²) >= 11 is 0. The summed E-state index contributed by atoms with van der Waals surface area (Å²) in [5, 5.41) is 8.94. The molecule has 0 saturated carbocycles. The van der Waals surface area contributed by atoms with Gasteiger partial charge in [0.2, 0.25) is 0 Å². The summed E-state index contributed by atoms with van der Waals surface area (Å²) in [5.74, 6) is 5.02. The fourth-order valence-electron chi connectivity index (χ4n) is 1.40. The van der Waals surface area contributed by atoms with Gasteiger partial charge in [-0.2, -0.15) is 0 Å². The van der Waals surface area contributed by atoms with Crippen LogP contribution >= 0.6 is 0 Å². The quantitative estimate of drug-likeness (QED) is 0.619. The average Bonchev–Trinajstić information content (AvgIpc) is 2.29. The SMILES string of the molecule is CCCCCC#Cc1ccccc1C(=O)O. The Morgan fingerprint density at radius 2 is 2.06 bits per heavy atom. The van der Waals surface area contributed by atoms with Crippen molar-refractivity contribution < 1.29 is 9.90 Å². The zero-order valence-corrected chi connectivity index (χ0v) is 9.49. The predicted octanol–water partition coefficient (Wildman–Crippen LogP) is 3.32. The van der Waals surface area contributed by atoms with Gasteiger partial charge in [0, 0.05) is 12.0 Å². The third kappa shape index (κ3) is 3.78. The van der Waals surface area contributed by atoms with Gasteiger partial charge in [0.25, 0.3) is 0 Å². The molecule has 0 radical (unpaired) electrons. The number of unbranched alkanes of at least 4 members (excludes halogenated alkanes) is 3. The van der Waals surface area contributed by atoms with E-state index in [-0.39, 0.29) is 5.56 Å². The largest absolute Gasteiger partial charge is 0.478 e. The molecular weight excluding hydrogens is 200 g/mol. The van der Waals surface area contributed by atoms with Gasteiger partial charge in [-0.1, -0.05) is 43.7 Å². The minimum Gasteiger partial charge on any atom is -0.478 e. The Hall–Kier alpha value is -1.75. The monoisotopic (exact) mass is 216 g/mol. The maximum Gasteiger partial charge on any atom is 0.336 e. The Morgan fingerprint density at radius 3 is 2.75 bits per heavy atom. The molecule has 0 aliphatic carbocycles. The topological polar surface area (TPSA) is 37.3 Å². The summed E-state index contributed by atoms with van der Waals surface area (Å²) in [7, 11) is 0. The van der Waals surface area contributed by atoms with Crippen LogP contribution in [0, 0.1) is 11.8 Å². The van der Waals surface area contributed by atoms with Gasteiger partial charge >= 0.3 is 5.97 Å². The van der Waals surface area contributed by atoms with Gasteiger partial charge in [-0.05, 0) is 18.6 Å². The third-order valence-electron chi connectivity index (χ3n) is 2.29. The van der Waals surface area contributed by atoms with Crippen LogP contribution in [0.3, 0.4) is 0 Å². The van der Waals surface area contributed by atoms with Crippen LogP contribution in [0.1, 0.15) is 48.5 Å². The van der Waals surface area contributed by atoms with Crippen LogP contribution in [-0.2, 0) is 0 Å². The van der Waals surface area contributed by atoms with E-state index in [0.29, 0.717) is 5.56 Å². The zero-order chi connectivity index (χ0) is 11.8. The molecule has 1 rings (SSSR count). The molecule has 2 nitrogen and oxygen atoms in total. The highest BCUT2D eigenvalue weighted by Gasteiger charge is 2.05. The minimum absolute atomic E-state index is 0.283. The molecule has 2 heteroatoms. The van der Waals surface area contributed by atoms with Gasteiger partial charge in [0.05, 0.1) is 5.56 Å². The normalized spacial score (nSPS) is 9.31. The van der Waals surface area contributed by atoms with Crippen molar-refractivity contribution in [2.24, 2.45) is 0 Å². The molecule has 1 N–H and O–H groups in total. The molecule has 1 aromatic carbocycles. The highest BCUT2D eigenvalue weighted by molar-refractivity contribution is 5.90. The molecule has 0 fully saturated rings. The Kier molecular flexibility index (Phi) is 5.15. The van der Waals surface area contributed by atoms with E-state index in [0.717, 1.165) is 12.8 Å². The predicted molar refractivity (Wildman–Crippen MR) is 64.4 cm³/mol. The number of rotatable bonds is 4. The van der Waals surface area contributed by atoms with Gasteiger partial charge < -0.3 is 5.11 Å². The molecule has 0 unspecified atom stereocenters. The first-order valence-corrected chi connectivity index (χ1v) is 5.57. The molecule has 0 aromatic heterocycles. The summed E-state index contributed by atoms with van der Waals surface area (Å²) in [5.41, 5.74) is 0.886. The fourth-order valence-corrected chi connectivity index (χ4v) is 1.40. The number of aromatic carboxylic acids is 1. The number of hydrogen-bond acceptors (Lipinski definition) is 1. The molecule has 0 bridgehead atoms. The Bertz CT molecular complexity index is 410. The molecule has 16 heavy (non-hydrogen) atoms. The van der Waals surface area contributed by atoms with Crippen molar-refractivity contribution in [3.8, 4) is 11.8 Å². The number of carboxylic acids is 1. The zero-order valence-electron chi connectivity index (χ0n) is 9.49. The molecule has 0 saturated heterocycles. The van der Waals surface area contributed by atoms with Crippen LogP contribution in [-0.4, -0.2) is 11.1 Å². The van der Waals surface area contributed by atoms with Crippen molar-refractivity contribution in [3.63, 3.8) is 0 Å². The lowest BCUT2D eigenvalue weighted by Crippen LogP contribution is -1.99. The van der Waals surface area contributed by atoms with Crippen LogP contribution in [0.15, 0.2) is 24.3 Å². The van der Waals surface area contributed by atoms with Crippen molar-refractivity contribution in [2.75, 3.05) is 0 Å². The van der Waals surface area contributed by atoms with E-state index >= 15 is 0 Å². The van der Waals surface area contributed by atoms with Crippen LogP contribution in [0.5, 0.6) is 0 Å². The van der Waals surface area contributed by atoms with Crippen LogP contribution in [0.25, 0.3) is 0 Å². The van der Waals surface area contributed by atoms with E-state index in [9.17, 15) is 4.79 Å². The van der Waals surface area contributed by atoms with Crippen LogP contribution < -0.4 is 0 Å². The summed E-state index contributed by atoms with van der Waals surface area (Å²) in [6.07, 6.45) is 4.27. The highest BCUT2D eigenvalue weighted by Crippen LogP contribution is 2.07. The molecule has 0 atom stereocenters. The van der Waals surface area contributed by atoms with Crippen molar-refractivity contribution in [1.82, 2.24) is 0 Å². The second-order valence-corrected chi connectivity index (χ2v) is 3.61. The van der Waals surface area contributed by atoms with E-state index in [1.54, 1.807) is 18.2 Å². The number of carboxylic acid groups (broad SMARTS) is 1. The second kappa shape index (κ2) is 6.68. The first-order chi connectivity index (χ1) is 7.75. The van der Waals surface area contributed by atoms with Gasteiger partial charge in [-0.3, -0.25) is 0 Å². The van der Waals surface area contributed by atoms with E-state index in [2.05, 4.69) is 18.8 Å². The van der Waals surface area contributed by atoms with Crippen molar-refractivity contribution >= 4 is 5.97 Å². The molecule has 0 aliphatic heterocycles. The van der Waals surface area contributed by atoms with Gasteiger partial charge in [-0.15, -0.1) is 0 Å². The lowest BCUT2D eigenvalue weighted by Gasteiger charge is -1.97. The van der Waals surface area contributed by atoms with Crippen molar-refractivity contribution in [1.29, 1.82) is 0 Å². The Labute approximate surface area is 96.3 Å². The number of carbonyl (C=O) groups is 1. The molecule has 0 amide bonds. The van der Waals surface area contributed by atoms with Crippen LogP contribution in [0.4, 0.5) is 0 Å². The van der Waals surface area contributed by atoms with E-state index in [1.807, 2.05) is 6.07 Å². The molecule has 0 spiro atoms. The third-order valence-corrected chi connectivity index (χ3v) is 2.29. The maximum absolute atomic E-state index is 10.9. The lowest BCUT2D eigenvalue weighted by atomic mass is 10.1. The summed E-state index contributed by atoms with van der Waals surface area (Å²) in [6.45, 7) is 2.15. The first kappa shape index (κ1) is 12.3. The fraction of sp³-hybridized carbons (Fsp3) is 0.357. The number of hydrogen-bond donors (Lipinski definition) is 1. The lowest BCUT2D eigenvalue weighted by molar-refractivity contribution is 0.0696. The van der Waals surface area contributed by atoms with E-state index < -0.39 is 5.97 Å². The van der Waals surface area contributed by atoms with E-state index in [4.69, 9.17) is 5.11 Å². The summed E-state index contributed by atoms with van der Waals surface area (Å²) in [4.78, 5) is 10.9. The summed E-state index contributed by atoms with van der Waals surface area (Å²) < 4.78 is 0. The maximum atomic E-state index is 10.9. The van der Waals surface area contributed by atoms with Gasteiger partial charge in [0.1, 0.15) is 0 Å². The smallest absolute Gasteiger partial charge is 0.336 e. The highest BCUT2D eigenvalue weighted by atomic mass is 16.4. The summed E-state index contributed by atoms with van der Waals surface area (Å²) in [6, 6.07) is 6.85. The standard InChI is InChI=1S/C14H16O2/c1-2-3-4-5-6-9-12-10-7-8-11-13(12)14(15)16/h7-8,10-11H,2-5H2,1H3,(H,15,16). The molecule has 0 heterocycles. The van der Waals surface area contributed by atoms with Crippen molar-refractivity contribution in [3.05, 3.63) is 35.4 Å². The second-order valence-electron chi connectivity index (χ2n) is 3.61. The number of benzene rings is 1. The van der Waals surface area contributed by atoms with Crippen molar-refractivity contribution in [2.45, 2.75) is 32.6 Å². The Morgan fingerprint density at radius 1 is 1.31 bits per heavy atom. The van der Waals surface area contributed by atoms with Gasteiger partial charge in [0.15, 0.2) is 0 Å². The minimum atomic E-state index is -0.918. The molecule has 84 valence electrons. The Balaban J connectivity index is 2.69. The van der Waals surface area contributed by atoms with E-state index in [1.165, 1.54) is 12.8 Å².